The van der Waals surface area contributed by atoms with E-state index in [2.05, 4.69) is 11.6 Å². The third kappa shape index (κ3) is 3.40. The molecular weight excluding hydrogens is 287 g/mol. The van der Waals surface area contributed by atoms with Crippen LogP contribution in [0.1, 0.15) is 38.4 Å². The summed E-state index contributed by atoms with van der Waals surface area (Å²) in [7, 11) is 0. The van der Waals surface area contributed by atoms with Gasteiger partial charge in [0.1, 0.15) is 12.0 Å². The summed E-state index contributed by atoms with van der Waals surface area (Å²) in [6.07, 6.45) is 3.49. The van der Waals surface area contributed by atoms with Crippen molar-refractivity contribution in [2.45, 2.75) is 38.4 Å². The number of hydrogen-bond acceptors (Lipinski definition) is 3. The molecule has 1 fully saturated rings. The quantitative estimate of drug-likeness (QED) is 0.819. The summed E-state index contributed by atoms with van der Waals surface area (Å²) in [4.78, 5) is 14.5. The second-order valence-corrected chi connectivity index (χ2v) is 6.62. The molecule has 1 N–H and O–H groups in total. The topological polar surface area (TPSA) is 32.3 Å². The van der Waals surface area contributed by atoms with Gasteiger partial charge in [-0.2, -0.15) is 11.8 Å². The van der Waals surface area contributed by atoms with Gasteiger partial charge in [0, 0.05) is 6.54 Å². The van der Waals surface area contributed by atoms with Crippen LogP contribution in [0.15, 0.2) is 24.3 Å². The standard InChI is InChI=1S/C16H23FN2OS/c1-4-16(2)15(20)19(9-6-10-21-3)14(18-16)12-7-5-8-13(17)11-12/h5,7-8,11,14,18H,4,6,9-10H2,1-3H3. The van der Waals surface area contributed by atoms with Crippen molar-refractivity contribution in [1.29, 1.82) is 0 Å². The van der Waals surface area contributed by atoms with E-state index in [0.717, 1.165) is 24.2 Å². The molecule has 1 amide bonds. The van der Waals surface area contributed by atoms with Crippen LogP contribution in [0.5, 0.6) is 0 Å². The molecule has 0 radical (unpaired) electrons. The number of carbonyl (C=O) groups excluding carboxylic acids is 1. The Balaban J connectivity index is 2.25. The van der Waals surface area contributed by atoms with E-state index >= 15 is 0 Å². The van der Waals surface area contributed by atoms with Gasteiger partial charge < -0.3 is 4.90 Å². The lowest BCUT2D eigenvalue weighted by molar-refractivity contribution is -0.133. The molecule has 5 heteroatoms. The number of thioether (sulfide) groups is 1. The van der Waals surface area contributed by atoms with Crippen LogP contribution in [0.4, 0.5) is 4.39 Å². The number of nitrogens with zero attached hydrogens (tertiary/aromatic N) is 1. The van der Waals surface area contributed by atoms with Crippen molar-refractivity contribution in [3.05, 3.63) is 35.6 Å². The lowest BCUT2D eigenvalue weighted by Crippen LogP contribution is -2.43. The summed E-state index contributed by atoms with van der Waals surface area (Å²) >= 11 is 1.77. The largest absolute Gasteiger partial charge is 0.321 e. The van der Waals surface area contributed by atoms with Crippen molar-refractivity contribution < 1.29 is 9.18 Å². The van der Waals surface area contributed by atoms with E-state index in [1.807, 2.05) is 24.8 Å². The number of rotatable bonds is 6. The van der Waals surface area contributed by atoms with Gasteiger partial charge in [0.05, 0.1) is 5.54 Å². The van der Waals surface area contributed by atoms with E-state index in [-0.39, 0.29) is 17.9 Å². The highest BCUT2D eigenvalue weighted by Gasteiger charge is 2.46. The lowest BCUT2D eigenvalue weighted by Gasteiger charge is -2.24. The Morgan fingerprint density at radius 2 is 2.24 bits per heavy atom. The summed E-state index contributed by atoms with van der Waals surface area (Å²) in [6, 6.07) is 6.50. The highest BCUT2D eigenvalue weighted by molar-refractivity contribution is 7.98. The molecule has 2 atom stereocenters. The molecular formula is C16H23FN2OS. The average Bonchev–Trinajstić information content (AvgIpc) is 2.73. The molecule has 0 aromatic heterocycles. The first-order valence-corrected chi connectivity index (χ1v) is 8.74. The lowest BCUT2D eigenvalue weighted by atomic mass is 9.99. The van der Waals surface area contributed by atoms with Gasteiger partial charge in [-0.25, -0.2) is 4.39 Å². The Morgan fingerprint density at radius 3 is 2.86 bits per heavy atom. The van der Waals surface area contributed by atoms with Gasteiger partial charge in [0.25, 0.3) is 0 Å². The molecule has 2 unspecified atom stereocenters. The summed E-state index contributed by atoms with van der Waals surface area (Å²) < 4.78 is 13.5. The molecule has 0 bridgehead atoms. The highest BCUT2D eigenvalue weighted by Crippen LogP contribution is 2.33. The fraction of sp³-hybridized carbons (Fsp3) is 0.562. The van der Waals surface area contributed by atoms with Crippen LogP contribution in [-0.4, -0.2) is 34.9 Å². The van der Waals surface area contributed by atoms with Gasteiger partial charge >= 0.3 is 0 Å². The first kappa shape index (κ1) is 16.3. The molecule has 1 aliphatic heterocycles. The van der Waals surface area contributed by atoms with Gasteiger partial charge in [-0.1, -0.05) is 19.1 Å². The van der Waals surface area contributed by atoms with Crippen LogP contribution in [0.2, 0.25) is 0 Å². The number of carbonyl (C=O) groups is 1. The van der Waals surface area contributed by atoms with Crippen molar-refractivity contribution in [2.75, 3.05) is 18.6 Å². The highest BCUT2D eigenvalue weighted by atomic mass is 32.2. The SMILES string of the molecule is CCC1(C)NC(c2cccc(F)c2)N(CCCSC)C1=O. The number of amides is 1. The van der Waals surface area contributed by atoms with Crippen molar-refractivity contribution in [1.82, 2.24) is 10.2 Å². The third-order valence-electron chi connectivity index (χ3n) is 4.12. The number of benzene rings is 1. The first-order valence-electron chi connectivity index (χ1n) is 7.35. The van der Waals surface area contributed by atoms with Gasteiger partial charge in [-0.15, -0.1) is 0 Å². The molecule has 3 nitrogen and oxygen atoms in total. The molecule has 1 aliphatic rings. The van der Waals surface area contributed by atoms with Crippen molar-refractivity contribution in [2.24, 2.45) is 0 Å². The molecule has 21 heavy (non-hydrogen) atoms. The van der Waals surface area contributed by atoms with E-state index in [4.69, 9.17) is 0 Å². The summed E-state index contributed by atoms with van der Waals surface area (Å²) in [5.41, 5.74) is 0.251. The molecule has 1 heterocycles. The van der Waals surface area contributed by atoms with E-state index in [9.17, 15) is 9.18 Å². The Morgan fingerprint density at radius 1 is 1.48 bits per heavy atom. The zero-order chi connectivity index (χ0) is 15.5. The van der Waals surface area contributed by atoms with Crippen molar-refractivity contribution >= 4 is 17.7 Å². The zero-order valence-electron chi connectivity index (χ0n) is 12.9. The Bertz CT molecular complexity index is 511. The minimum atomic E-state index is -0.559. The Labute approximate surface area is 130 Å². The van der Waals surface area contributed by atoms with Gasteiger partial charge in [0.2, 0.25) is 5.91 Å². The maximum absolute atomic E-state index is 13.5. The molecule has 116 valence electrons. The van der Waals surface area contributed by atoms with Crippen LogP contribution in [-0.2, 0) is 4.79 Å². The van der Waals surface area contributed by atoms with Gasteiger partial charge in [-0.05, 0) is 49.5 Å². The van der Waals surface area contributed by atoms with Gasteiger partial charge in [0.15, 0.2) is 0 Å². The fourth-order valence-corrected chi connectivity index (χ4v) is 3.10. The first-order chi connectivity index (χ1) is 10.0. The smallest absolute Gasteiger partial charge is 0.244 e. The molecule has 0 spiro atoms. The predicted octanol–water partition coefficient (Wildman–Crippen LogP) is 3.18. The van der Waals surface area contributed by atoms with E-state index < -0.39 is 5.54 Å². The summed E-state index contributed by atoms with van der Waals surface area (Å²) in [6.45, 7) is 4.62. The van der Waals surface area contributed by atoms with E-state index in [1.54, 1.807) is 17.8 Å². The van der Waals surface area contributed by atoms with Crippen LogP contribution in [0.25, 0.3) is 0 Å². The average molecular weight is 310 g/mol. The van der Waals surface area contributed by atoms with Crippen LogP contribution in [0, 0.1) is 5.82 Å². The maximum Gasteiger partial charge on any atom is 0.244 e. The zero-order valence-corrected chi connectivity index (χ0v) is 13.7. The number of halogens is 1. The Hall–Kier alpha value is -1.07. The summed E-state index contributed by atoms with van der Waals surface area (Å²) in [5.74, 6) is 0.860. The Kier molecular flexibility index (Phi) is 5.27. The van der Waals surface area contributed by atoms with Crippen LogP contribution in [0.3, 0.4) is 0 Å². The summed E-state index contributed by atoms with van der Waals surface area (Å²) in [5, 5.41) is 3.39. The van der Waals surface area contributed by atoms with Crippen LogP contribution >= 0.6 is 11.8 Å². The second-order valence-electron chi connectivity index (χ2n) is 5.63. The molecule has 0 saturated carbocycles. The van der Waals surface area contributed by atoms with E-state index in [1.165, 1.54) is 12.1 Å². The molecule has 2 rings (SSSR count). The minimum Gasteiger partial charge on any atom is -0.321 e. The second kappa shape index (κ2) is 6.79. The fourth-order valence-electron chi connectivity index (χ4n) is 2.68. The minimum absolute atomic E-state index is 0.111. The normalized spacial score (nSPS) is 25.6. The van der Waals surface area contributed by atoms with E-state index in [0.29, 0.717) is 6.54 Å². The number of hydrogen-bond donors (Lipinski definition) is 1. The van der Waals surface area contributed by atoms with Crippen LogP contribution < -0.4 is 5.32 Å². The number of nitrogens with one attached hydrogen (secondary N) is 1. The van der Waals surface area contributed by atoms with Gasteiger partial charge in [-0.3, -0.25) is 10.1 Å². The maximum atomic E-state index is 13.5. The molecule has 1 aromatic carbocycles. The monoisotopic (exact) mass is 310 g/mol. The molecule has 0 aliphatic carbocycles. The third-order valence-corrected chi connectivity index (χ3v) is 4.82. The van der Waals surface area contributed by atoms with Crippen molar-refractivity contribution in [3.8, 4) is 0 Å². The molecule has 1 saturated heterocycles. The van der Waals surface area contributed by atoms with Crippen molar-refractivity contribution in [3.63, 3.8) is 0 Å². The predicted molar refractivity (Wildman–Crippen MR) is 85.7 cm³/mol. The molecule has 1 aromatic rings.